The minimum Gasteiger partial charge on any atom is -0.493 e. The zero-order valence-electron chi connectivity index (χ0n) is 11.7. The van der Waals surface area contributed by atoms with Crippen LogP contribution in [0.1, 0.15) is 30.1 Å². The Balaban J connectivity index is 2.39. The number of hydrogen-bond donors (Lipinski definition) is 0. The third kappa shape index (κ3) is 2.96. The minimum atomic E-state index is -0.413. The molecule has 6 nitrogen and oxygen atoms in total. The second-order valence-electron chi connectivity index (χ2n) is 3.99. The highest BCUT2D eigenvalue weighted by atomic mass is 16.5. The molecule has 1 aromatic heterocycles. The second kappa shape index (κ2) is 6.18. The summed E-state index contributed by atoms with van der Waals surface area (Å²) in [7, 11) is 0. The molecule has 0 aliphatic rings. The fourth-order valence-electron chi connectivity index (χ4n) is 1.72. The molecule has 1 heterocycles. The summed E-state index contributed by atoms with van der Waals surface area (Å²) in [5, 5.41) is 7.72. The lowest BCUT2D eigenvalue weighted by Crippen LogP contribution is -2.08. The van der Waals surface area contributed by atoms with Gasteiger partial charge in [0.15, 0.2) is 0 Å². The van der Waals surface area contributed by atoms with Gasteiger partial charge in [-0.05, 0) is 32.0 Å². The number of carbonyl (C=O) groups is 1. The number of rotatable bonds is 5. The lowest BCUT2D eigenvalue weighted by atomic mass is 10.1. The van der Waals surface area contributed by atoms with E-state index in [-0.39, 0.29) is 0 Å². The lowest BCUT2D eigenvalue weighted by Gasteiger charge is -2.10. The van der Waals surface area contributed by atoms with Crippen LogP contribution in [0.5, 0.6) is 5.75 Å². The third-order valence-electron chi connectivity index (χ3n) is 2.55. The van der Waals surface area contributed by atoms with Crippen LogP contribution in [0.25, 0.3) is 11.5 Å². The van der Waals surface area contributed by atoms with E-state index in [1.807, 2.05) is 6.92 Å². The van der Waals surface area contributed by atoms with Crippen LogP contribution in [0.3, 0.4) is 0 Å². The van der Waals surface area contributed by atoms with Gasteiger partial charge >= 0.3 is 5.97 Å². The Hall–Kier alpha value is -2.37. The summed E-state index contributed by atoms with van der Waals surface area (Å²) in [6, 6.07) is 5.06. The van der Waals surface area contributed by atoms with Gasteiger partial charge in [-0.15, -0.1) is 10.2 Å². The van der Waals surface area contributed by atoms with Crippen LogP contribution < -0.4 is 4.74 Å². The van der Waals surface area contributed by atoms with Crippen molar-refractivity contribution in [3.63, 3.8) is 0 Å². The van der Waals surface area contributed by atoms with Crippen LogP contribution in [-0.2, 0) is 4.74 Å². The maximum absolute atomic E-state index is 11.8. The number of benzene rings is 1. The Morgan fingerprint density at radius 2 is 2.05 bits per heavy atom. The fraction of sp³-hybridized carbons (Fsp3) is 0.357. The molecule has 0 saturated heterocycles. The van der Waals surface area contributed by atoms with Gasteiger partial charge in [-0.1, -0.05) is 0 Å². The standard InChI is InChI=1S/C14H16N2O4/c1-4-18-12-8-10(13-16-15-9(3)20-13)6-7-11(12)14(17)19-5-2/h6-8H,4-5H2,1-3H3. The number of carbonyl (C=O) groups excluding carboxylic acids is 1. The lowest BCUT2D eigenvalue weighted by molar-refractivity contribution is 0.0522. The van der Waals surface area contributed by atoms with E-state index < -0.39 is 5.97 Å². The highest BCUT2D eigenvalue weighted by Gasteiger charge is 2.16. The molecule has 6 heteroatoms. The average molecular weight is 276 g/mol. The van der Waals surface area contributed by atoms with Crippen molar-refractivity contribution in [2.75, 3.05) is 13.2 Å². The van der Waals surface area contributed by atoms with Gasteiger partial charge in [0, 0.05) is 12.5 Å². The molecule has 0 saturated carbocycles. The van der Waals surface area contributed by atoms with Gasteiger partial charge in [-0.2, -0.15) is 0 Å². The first-order valence-electron chi connectivity index (χ1n) is 6.40. The van der Waals surface area contributed by atoms with Crippen LogP contribution in [0.2, 0.25) is 0 Å². The number of nitrogens with zero attached hydrogens (tertiary/aromatic N) is 2. The van der Waals surface area contributed by atoms with Gasteiger partial charge < -0.3 is 13.9 Å². The summed E-state index contributed by atoms with van der Waals surface area (Å²) in [5.74, 6) is 0.898. The Labute approximate surface area is 116 Å². The maximum Gasteiger partial charge on any atom is 0.341 e. The third-order valence-corrected chi connectivity index (χ3v) is 2.55. The first kappa shape index (κ1) is 14.0. The van der Waals surface area contributed by atoms with Crippen molar-refractivity contribution in [1.29, 1.82) is 0 Å². The Kier molecular flexibility index (Phi) is 4.34. The first-order valence-corrected chi connectivity index (χ1v) is 6.40. The average Bonchev–Trinajstić information content (AvgIpc) is 2.86. The van der Waals surface area contributed by atoms with E-state index in [0.717, 1.165) is 0 Å². The highest BCUT2D eigenvalue weighted by molar-refractivity contribution is 5.93. The topological polar surface area (TPSA) is 74.5 Å². The van der Waals surface area contributed by atoms with Crippen LogP contribution in [0.15, 0.2) is 22.6 Å². The first-order chi connectivity index (χ1) is 9.65. The fourth-order valence-corrected chi connectivity index (χ4v) is 1.72. The zero-order valence-corrected chi connectivity index (χ0v) is 11.7. The van der Waals surface area contributed by atoms with Crippen molar-refractivity contribution < 1.29 is 18.7 Å². The monoisotopic (exact) mass is 276 g/mol. The molecule has 0 radical (unpaired) electrons. The van der Waals surface area contributed by atoms with Gasteiger partial charge in [0.25, 0.3) is 0 Å². The van der Waals surface area contributed by atoms with Crippen LogP contribution in [0, 0.1) is 6.92 Å². The normalized spacial score (nSPS) is 10.3. The van der Waals surface area contributed by atoms with E-state index in [0.29, 0.717) is 41.9 Å². The summed E-state index contributed by atoms with van der Waals surface area (Å²) >= 11 is 0. The van der Waals surface area contributed by atoms with Crippen molar-refractivity contribution in [2.45, 2.75) is 20.8 Å². The summed E-state index contributed by atoms with van der Waals surface area (Å²) in [5.41, 5.74) is 1.08. The molecule has 106 valence electrons. The van der Waals surface area contributed by atoms with Crippen molar-refractivity contribution in [3.05, 3.63) is 29.7 Å². The Morgan fingerprint density at radius 1 is 1.25 bits per heavy atom. The summed E-state index contributed by atoms with van der Waals surface area (Å²) < 4.78 is 15.8. The van der Waals surface area contributed by atoms with E-state index in [4.69, 9.17) is 13.9 Å². The van der Waals surface area contributed by atoms with E-state index >= 15 is 0 Å². The molecule has 0 N–H and O–H groups in total. The largest absolute Gasteiger partial charge is 0.493 e. The van der Waals surface area contributed by atoms with Crippen molar-refractivity contribution >= 4 is 5.97 Å². The predicted molar refractivity (Wildman–Crippen MR) is 71.6 cm³/mol. The smallest absolute Gasteiger partial charge is 0.341 e. The number of aryl methyl sites for hydroxylation is 1. The highest BCUT2D eigenvalue weighted by Crippen LogP contribution is 2.27. The number of aromatic nitrogens is 2. The molecule has 0 fully saturated rings. The van der Waals surface area contributed by atoms with Gasteiger partial charge in [-0.25, -0.2) is 4.79 Å². The number of ether oxygens (including phenoxy) is 2. The maximum atomic E-state index is 11.8. The van der Waals surface area contributed by atoms with Crippen LogP contribution >= 0.6 is 0 Å². The molecular formula is C14H16N2O4. The van der Waals surface area contributed by atoms with Crippen LogP contribution in [-0.4, -0.2) is 29.4 Å². The summed E-state index contributed by atoms with van der Waals surface area (Å²) in [4.78, 5) is 11.8. The second-order valence-corrected chi connectivity index (χ2v) is 3.99. The number of esters is 1. The van der Waals surface area contributed by atoms with E-state index in [9.17, 15) is 4.79 Å². The SMILES string of the molecule is CCOC(=O)c1ccc(-c2nnc(C)o2)cc1OCC. The van der Waals surface area contributed by atoms with Crippen molar-refractivity contribution in [1.82, 2.24) is 10.2 Å². The predicted octanol–water partition coefficient (Wildman–Crippen LogP) is 2.62. The molecule has 0 bridgehead atoms. The minimum absolute atomic E-state index is 0.314. The van der Waals surface area contributed by atoms with E-state index in [1.54, 1.807) is 32.0 Å². The molecule has 0 aliphatic carbocycles. The molecule has 2 aromatic rings. The Morgan fingerprint density at radius 3 is 2.65 bits per heavy atom. The molecule has 1 aromatic carbocycles. The molecule has 0 aliphatic heterocycles. The van der Waals surface area contributed by atoms with Gasteiger partial charge in [-0.3, -0.25) is 0 Å². The van der Waals surface area contributed by atoms with Gasteiger partial charge in [0.05, 0.1) is 13.2 Å². The van der Waals surface area contributed by atoms with Gasteiger partial charge in [0.2, 0.25) is 11.8 Å². The van der Waals surface area contributed by atoms with Gasteiger partial charge in [0.1, 0.15) is 11.3 Å². The molecule has 0 amide bonds. The molecular weight excluding hydrogens is 260 g/mol. The molecule has 0 unspecified atom stereocenters. The summed E-state index contributed by atoms with van der Waals surface area (Å²) in [6.45, 7) is 6.08. The quantitative estimate of drug-likeness (QED) is 0.781. The molecule has 0 atom stereocenters. The number of hydrogen-bond acceptors (Lipinski definition) is 6. The Bertz CT molecular complexity index is 607. The van der Waals surface area contributed by atoms with E-state index in [1.165, 1.54) is 0 Å². The molecule has 2 rings (SSSR count). The molecule has 20 heavy (non-hydrogen) atoms. The summed E-state index contributed by atoms with van der Waals surface area (Å²) in [6.07, 6.45) is 0. The van der Waals surface area contributed by atoms with Crippen molar-refractivity contribution in [2.24, 2.45) is 0 Å². The molecule has 0 spiro atoms. The van der Waals surface area contributed by atoms with E-state index in [2.05, 4.69) is 10.2 Å². The zero-order chi connectivity index (χ0) is 14.5. The van der Waals surface area contributed by atoms with Crippen LogP contribution in [0.4, 0.5) is 0 Å². The van der Waals surface area contributed by atoms with Crippen molar-refractivity contribution in [3.8, 4) is 17.2 Å².